The maximum atomic E-state index is 5.93. The molecule has 2 saturated carbocycles. The first kappa shape index (κ1) is 13.2. The third-order valence-corrected chi connectivity index (χ3v) is 5.04. The Morgan fingerprint density at radius 1 is 1.21 bits per heavy atom. The fourth-order valence-electron chi connectivity index (χ4n) is 3.96. The number of nitrogens with zero attached hydrogens (tertiary/aromatic N) is 1. The highest BCUT2D eigenvalue weighted by Gasteiger charge is 2.34. The molecular formula is C16H26N2O. The lowest BCUT2D eigenvalue weighted by Gasteiger charge is -2.38. The van der Waals surface area contributed by atoms with Gasteiger partial charge in [-0.3, -0.25) is 0 Å². The van der Waals surface area contributed by atoms with Crippen LogP contribution in [0.5, 0.6) is 0 Å². The van der Waals surface area contributed by atoms with Crippen molar-refractivity contribution in [2.75, 3.05) is 6.54 Å². The van der Waals surface area contributed by atoms with Gasteiger partial charge in [0.25, 0.3) is 0 Å². The van der Waals surface area contributed by atoms with Gasteiger partial charge in [-0.15, -0.1) is 0 Å². The van der Waals surface area contributed by atoms with E-state index >= 15 is 0 Å². The fraction of sp³-hybridized carbons (Fsp3) is 0.812. The molecule has 1 N–H and O–H groups in total. The maximum Gasteiger partial charge on any atom is 0.208 e. The molecule has 3 atom stereocenters. The van der Waals surface area contributed by atoms with Crippen LogP contribution in [0.2, 0.25) is 0 Å². The molecule has 0 spiro atoms. The highest BCUT2D eigenvalue weighted by molar-refractivity contribution is 5.05. The van der Waals surface area contributed by atoms with E-state index in [4.69, 9.17) is 4.42 Å². The SMILES string of the molecule is CCNCc1ncc(C2CCC3CCCCC3C2)o1. The van der Waals surface area contributed by atoms with Crippen molar-refractivity contribution >= 4 is 0 Å². The summed E-state index contributed by atoms with van der Waals surface area (Å²) in [7, 11) is 0. The van der Waals surface area contributed by atoms with Crippen LogP contribution < -0.4 is 5.32 Å². The molecule has 0 amide bonds. The molecule has 0 aliphatic heterocycles. The second kappa shape index (κ2) is 6.08. The van der Waals surface area contributed by atoms with Crippen molar-refractivity contribution in [2.24, 2.45) is 11.8 Å². The summed E-state index contributed by atoms with van der Waals surface area (Å²) in [5.41, 5.74) is 0. The molecule has 106 valence electrons. The minimum Gasteiger partial charge on any atom is -0.444 e. The van der Waals surface area contributed by atoms with Gasteiger partial charge < -0.3 is 9.73 Å². The monoisotopic (exact) mass is 262 g/mol. The topological polar surface area (TPSA) is 38.1 Å². The number of oxazole rings is 1. The van der Waals surface area contributed by atoms with E-state index in [1.807, 2.05) is 6.20 Å². The van der Waals surface area contributed by atoms with E-state index in [0.29, 0.717) is 5.92 Å². The molecule has 0 bridgehead atoms. The number of aromatic nitrogens is 1. The highest BCUT2D eigenvalue weighted by Crippen LogP contribution is 2.46. The molecule has 2 aliphatic rings. The maximum absolute atomic E-state index is 5.93. The third kappa shape index (κ3) is 3.02. The molecule has 3 heteroatoms. The Bertz CT molecular complexity index is 401. The third-order valence-electron chi connectivity index (χ3n) is 5.04. The molecule has 3 nitrogen and oxygen atoms in total. The van der Waals surface area contributed by atoms with Gasteiger partial charge in [0.1, 0.15) is 5.76 Å². The van der Waals surface area contributed by atoms with E-state index in [2.05, 4.69) is 17.2 Å². The van der Waals surface area contributed by atoms with E-state index in [1.54, 1.807) is 0 Å². The second-order valence-electron chi connectivity index (χ2n) is 6.25. The Hall–Kier alpha value is -0.830. The Kier molecular flexibility index (Phi) is 4.21. The van der Waals surface area contributed by atoms with Gasteiger partial charge in [0.2, 0.25) is 5.89 Å². The summed E-state index contributed by atoms with van der Waals surface area (Å²) in [6.45, 7) is 3.83. The summed E-state index contributed by atoms with van der Waals surface area (Å²) < 4.78 is 5.93. The quantitative estimate of drug-likeness (QED) is 0.895. The number of hydrogen-bond acceptors (Lipinski definition) is 3. The Morgan fingerprint density at radius 3 is 2.89 bits per heavy atom. The van der Waals surface area contributed by atoms with Crippen molar-refractivity contribution in [2.45, 2.75) is 64.3 Å². The van der Waals surface area contributed by atoms with Crippen LogP contribution >= 0.6 is 0 Å². The van der Waals surface area contributed by atoms with Gasteiger partial charge in [-0.05, 0) is 37.6 Å². The molecule has 1 heterocycles. The van der Waals surface area contributed by atoms with E-state index in [9.17, 15) is 0 Å². The van der Waals surface area contributed by atoms with Gasteiger partial charge in [-0.2, -0.15) is 0 Å². The molecule has 0 aromatic carbocycles. The molecule has 2 aliphatic carbocycles. The van der Waals surface area contributed by atoms with Crippen LogP contribution in [-0.2, 0) is 6.54 Å². The normalized spacial score (nSPS) is 31.1. The summed E-state index contributed by atoms with van der Waals surface area (Å²) in [4.78, 5) is 4.40. The van der Waals surface area contributed by atoms with Gasteiger partial charge in [-0.1, -0.05) is 32.6 Å². The molecular weight excluding hydrogens is 236 g/mol. The Balaban J connectivity index is 1.61. The van der Waals surface area contributed by atoms with Gasteiger partial charge >= 0.3 is 0 Å². The Labute approximate surface area is 116 Å². The molecule has 0 saturated heterocycles. The Morgan fingerprint density at radius 2 is 2.05 bits per heavy atom. The summed E-state index contributed by atoms with van der Waals surface area (Å²) in [5, 5.41) is 3.27. The zero-order valence-electron chi connectivity index (χ0n) is 12.0. The molecule has 1 aromatic rings. The van der Waals surface area contributed by atoms with Crippen LogP contribution in [0.3, 0.4) is 0 Å². The molecule has 19 heavy (non-hydrogen) atoms. The first-order valence-corrected chi connectivity index (χ1v) is 8.02. The molecule has 3 rings (SSSR count). The van der Waals surface area contributed by atoms with E-state index in [-0.39, 0.29) is 0 Å². The smallest absolute Gasteiger partial charge is 0.208 e. The lowest BCUT2D eigenvalue weighted by Crippen LogP contribution is -2.26. The van der Waals surface area contributed by atoms with Crippen LogP contribution in [-0.4, -0.2) is 11.5 Å². The van der Waals surface area contributed by atoms with Crippen molar-refractivity contribution in [3.63, 3.8) is 0 Å². The lowest BCUT2D eigenvalue weighted by atomic mass is 9.67. The van der Waals surface area contributed by atoms with E-state index in [0.717, 1.165) is 36.6 Å². The van der Waals surface area contributed by atoms with Crippen molar-refractivity contribution in [3.8, 4) is 0 Å². The minimum absolute atomic E-state index is 0.627. The number of nitrogens with one attached hydrogen (secondary N) is 1. The van der Waals surface area contributed by atoms with Gasteiger partial charge in [0.05, 0.1) is 12.7 Å². The van der Waals surface area contributed by atoms with Crippen LogP contribution in [0.1, 0.15) is 69.4 Å². The second-order valence-corrected chi connectivity index (χ2v) is 6.25. The van der Waals surface area contributed by atoms with Crippen LogP contribution in [0, 0.1) is 11.8 Å². The van der Waals surface area contributed by atoms with Crippen molar-refractivity contribution < 1.29 is 4.42 Å². The summed E-state index contributed by atoms with van der Waals surface area (Å²) >= 11 is 0. The van der Waals surface area contributed by atoms with Crippen LogP contribution in [0.4, 0.5) is 0 Å². The average molecular weight is 262 g/mol. The van der Waals surface area contributed by atoms with Crippen molar-refractivity contribution in [3.05, 3.63) is 17.8 Å². The minimum atomic E-state index is 0.627. The fourth-order valence-corrected chi connectivity index (χ4v) is 3.96. The van der Waals surface area contributed by atoms with Crippen molar-refractivity contribution in [1.82, 2.24) is 10.3 Å². The summed E-state index contributed by atoms with van der Waals surface area (Å²) in [6, 6.07) is 0. The number of rotatable bonds is 4. The molecule has 2 fully saturated rings. The van der Waals surface area contributed by atoms with Crippen molar-refractivity contribution in [1.29, 1.82) is 0 Å². The predicted octanol–water partition coefficient (Wildman–Crippen LogP) is 3.86. The van der Waals surface area contributed by atoms with Crippen LogP contribution in [0.25, 0.3) is 0 Å². The summed E-state index contributed by atoms with van der Waals surface area (Å²) in [6.07, 6.45) is 11.8. The lowest BCUT2D eigenvalue weighted by molar-refractivity contribution is 0.147. The van der Waals surface area contributed by atoms with Gasteiger partial charge in [0, 0.05) is 5.92 Å². The number of fused-ring (bicyclic) bond motifs is 1. The zero-order valence-corrected chi connectivity index (χ0v) is 12.0. The van der Waals surface area contributed by atoms with Gasteiger partial charge in [-0.25, -0.2) is 4.98 Å². The molecule has 1 aromatic heterocycles. The standard InChI is InChI=1S/C16H26N2O/c1-2-17-11-16-18-10-15(19-16)14-8-7-12-5-3-4-6-13(12)9-14/h10,12-14,17H,2-9,11H2,1H3. The predicted molar refractivity (Wildman–Crippen MR) is 75.9 cm³/mol. The van der Waals surface area contributed by atoms with Gasteiger partial charge in [0.15, 0.2) is 0 Å². The summed E-state index contributed by atoms with van der Waals surface area (Å²) in [5.74, 6) is 4.57. The largest absolute Gasteiger partial charge is 0.444 e. The van der Waals surface area contributed by atoms with Crippen LogP contribution in [0.15, 0.2) is 10.6 Å². The average Bonchev–Trinajstić information content (AvgIpc) is 2.93. The molecule has 0 radical (unpaired) electrons. The highest BCUT2D eigenvalue weighted by atomic mass is 16.4. The first-order chi connectivity index (χ1) is 9.36. The first-order valence-electron chi connectivity index (χ1n) is 8.02. The number of hydrogen-bond donors (Lipinski definition) is 1. The molecule has 3 unspecified atom stereocenters. The zero-order chi connectivity index (χ0) is 13.1. The van der Waals surface area contributed by atoms with E-state index < -0.39 is 0 Å². The van der Waals surface area contributed by atoms with E-state index in [1.165, 1.54) is 44.9 Å².